The van der Waals surface area contributed by atoms with Gasteiger partial charge in [0.2, 0.25) is 0 Å². The number of aryl methyl sites for hydroxylation is 1. The average molecular weight is 558 g/mol. The number of nitrogens with one attached hydrogen (secondary N) is 1. The van der Waals surface area contributed by atoms with Gasteiger partial charge in [0.05, 0.1) is 0 Å². The first-order valence-corrected chi connectivity index (χ1v) is 17.6. The van der Waals surface area contributed by atoms with Crippen LogP contribution in [0.2, 0.25) is 0 Å². The second-order valence-corrected chi connectivity index (χ2v) is 14.3. The van der Waals surface area contributed by atoms with Crippen LogP contribution in [0.15, 0.2) is 45.5 Å². The highest BCUT2D eigenvalue weighted by Crippen LogP contribution is 2.49. The predicted octanol–water partition coefficient (Wildman–Crippen LogP) is 10.7. The van der Waals surface area contributed by atoms with E-state index in [-0.39, 0.29) is 0 Å². The number of allylic oxidation sites excluding steroid dienone is 7. The molecule has 4 aliphatic rings. The predicted molar refractivity (Wildman–Crippen MR) is 173 cm³/mol. The van der Waals surface area contributed by atoms with Crippen LogP contribution in [0.25, 0.3) is 15.3 Å². The lowest BCUT2D eigenvalue weighted by atomic mass is 9.82. The van der Waals surface area contributed by atoms with Crippen LogP contribution in [-0.4, -0.2) is 6.54 Å². The number of unbranched alkanes of at least 4 members (excludes halogenated alkanes) is 1. The van der Waals surface area contributed by atoms with Gasteiger partial charge in [-0.05, 0) is 153 Å². The molecule has 208 valence electrons. The van der Waals surface area contributed by atoms with Crippen molar-refractivity contribution in [3.63, 3.8) is 0 Å². The smallest absolute Gasteiger partial charge is 0.0486 e. The molecule has 2 aromatic rings. The van der Waals surface area contributed by atoms with Crippen LogP contribution in [0.1, 0.15) is 119 Å². The lowest BCUT2D eigenvalue weighted by Gasteiger charge is -2.23. The van der Waals surface area contributed by atoms with Gasteiger partial charge in [-0.1, -0.05) is 32.4 Å². The molecule has 3 heteroatoms. The topological polar surface area (TPSA) is 12.0 Å². The van der Waals surface area contributed by atoms with Crippen molar-refractivity contribution in [2.45, 2.75) is 118 Å². The maximum Gasteiger partial charge on any atom is 0.0486 e. The van der Waals surface area contributed by atoms with Gasteiger partial charge in [-0.25, -0.2) is 0 Å². The van der Waals surface area contributed by atoms with E-state index in [1.54, 1.807) is 53.6 Å². The summed E-state index contributed by atoms with van der Waals surface area (Å²) in [6, 6.07) is 0. The van der Waals surface area contributed by atoms with Crippen LogP contribution in [-0.2, 0) is 25.7 Å². The molecule has 4 aliphatic carbocycles. The van der Waals surface area contributed by atoms with Crippen LogP contribution in [0, 0.1) is 5.92 Å². The summed E-state index contributed by atoms with van der Waals surface area (Å²) in [5.41, 5.74) is 16.0. The molecule has 0 amide bonds. The van der Waals surface area contributed by atoms with E-state index in [2.05, 4.69) is 61.9 Å². The molecular formula is C36H47NS2. The fraction of sp³-hybridized carbons (Fsp3) is 0.556. The van der Waals surface area contributed by atoms with E-state index in [4.69, 9.17) is 0 Å². The summed E-state index contributed by atoms with van der Waals surface area (Å²) in [7, 11) is 0. The van der Waals surface area contributed by atoms with E-state index in [1.807, 2.05) is 11.3 Å². The fourth-order valence-electron chi connectivity index (χ4n) is 7.46. The molecule has 1 nitrogen and oxygen atoms in total. The van der Waals surface area contributed by atoms with Crippen LogP contribution in [0.4, 0.5) is 0 Å². The number of thiophene rings is 2. The van der Waals surface area contributed by atoms with Gasteiger partial charge in [0.15, 0.2) is 0 Å². The molecule has 0 bridgehead atoms. The summed E-state index contributed by atoms with van der Waals surface area (Å²) in [5, 5.41) is 6.22. The molecular weight excluding hydrogens is 511 g/mol. The van der Waals surface area contributed by atoms with Crippen LogP contribution < -0.4 is 5.32 Å². The third-order valence-electron chi connectivity index (χ3n) is 9.75. The maximum absolute atomic E-state index is 3.73. The Balaban J connectivity index is 1.39. The maximum atomic E-state index is 3.73. The minimum absolute atomic E-state index is 0.496. The van der Waals surface area contributed by atoms with E-state index >= 15 is 0 Å². The molecule has 1 N–H and O–H groups in total. The average Bonchev–Trinajstić information content (AvgIpc) is 3.63. The van der Waals surface area contributed by atoms with Crippen molar-refractivity contribution in [3.8, 4) is 9.75 Å². The molecule has 0 aromatic carbocycles. The van der Waals surface area contributed by atoms with Gasteiger partial charge in [-0.3, -0.25) is 0 Å². The summed E-state index contributed by atoms with van der Waals surface area (Å²) >= 11 is 4.20. The molecule has 1 fully saturated rings. The van der Waals surface area contributed by atoms with E-state index in [0.29, 0.717) is 5.92 Å². The summed E-state index contributed by atoms with van der Waals surface area (Å²) in [5.74, 6) is 0.496. The van der Waals surface area contributed by atoms with Crippen molar-refractivity contribution in [3.05, 3.63) is 72.7 Å². The van der Waals surface area contributed by atoms with E-state index in [9.17, 15) is 0 Å². The van der Waals surface area contributed by atoms with Crippen LogP contribution >= 0.6 is 22.7 Å². The Bertz CT molecular complexity index is 1350. The lowest BCUT2D eigenvalue weighted by molar-refractivity contribution is 0.676. The van der Waals surface area contributed by atoms with Gasteiger partial charge in [-0.15, -0.1) is 22.7 Å². The Morgan fingerprint density at radius 1 is 0.923 bits per heavy atom. The molecule has 1 atom stereocenters. The van der Waals surface area contributed by atoms with Crippen LogP contribution in [0.5, 0.6) is 0 Å². The first-order valence-electron chi connectivity index (χ1n) is 15.9. The van der Waals surface area contributed by atoms with E-state index in [0.717, 1.165) is 6.54 Å². The number of fused-ring (bicyclic) bond motifs is 2. The zero-order valence-corrected chi connectivity index (χ0v) is 26.4. The Morgan fingerprint density at radius 2 is 1.64 bits per heavy atom. The first-order chi connectivity index (χ1) is 19.1. The van der Waals surface area contributed by atoms with Crippen molar-refractivity contribution in [1.82, 2.24) is 5.32 Å². The largest absolute Gasteiger partial charge is 0.385 e. The standard InChI is InChI=1S/C36H47NS2/c1-5-6-19-37-33-20-23(2)32(24(33)3)21-26-13-7-9-15-28(26)25(4)34-30-17-11-12-18-31(30)36(39-34)35-29-16-10-8-14-27(29)22-38-35/h20-23,37H,5-19H2,1-4H3/b26-21+,28-25+/t23-/m1/s1. The second kappa shape index (κ2) is 12.0. The molecule has 1 saturated carbocycles. The third-order valence-corrected chi connectivity index (χ3v) is 12.4. The fourth-order valence-corrected chi connectivity index (χ4v) is 10.3. The van der Waals surface area contributed by atoms with Gasteiger partial charge in [0.1, 0.15) is 0 Å². The van der Waals surface area contributed by atoms with Crippen molar-refractivity contribution >= 4 is 28.2 Å². The first kappa shape index (κ1) is 27.3. The monoisotopic (exact) mass is 557 g/mol. The van der Waals surface area contributed by atoms with E-state index < -0.39 is 0 Å². The Morgan fingerprint density at radius 3 is 2.46 bits per heavy atom. The third kappa shape index (κ3) is 5.31. The minimum Gasteiger partial charge on any atom is -0.385 e. The molecule has 39 heavy (non-hydrogen) atoms. The summed E-state index contributed by atoms with van der Waals surface area (Å²) in [6.07, 6.45) is 23.3. The zero-order valence-electron chi connectivity index (χ0n) is 24.7. The van der Waals surface area contributed by atoms with Gasteiger partial charge in [-0.2, -0.15) is 0 Å². The summed E-state index contributed by atoms with van der Waals surface area (Å²) in [4.78, 5) is 4.90. The number of rotatable bonds is 7. The minimum atomic E-state index is 0.496. The highest BCUT2D eigenvalue weighted by molar-refractivity contribution is 7.22. The molecule has 0 spiro atoms. The normalized spacial score (nSPS) is 23.6. The van der Waals surface area contributed by atoms with Gasteiger partial charge < -0.3 is 5.32 Å². The summed E-state index contributed by atoms with van der Waals surface area (Å²) < 4.78 is 0. The Labute approximate surface area is 245 Å². The molecule has 0 aliphatic heterocycles. The number of hydrogen-bond acceptors (Lipinski definition) is 3. The van der Waals surface area contributed by atoms with Crippen LogP contribution in [0.3, 0.4) is 0 Å². The second-order valence-electron chi connectivity index (χ2n) is 12.4. The molecule has 2 heterocycles. The Hall–Kier alpha value is -1.84. The molecule has 0 saturated heterocycles. The quantitative estimate of drug-likeness (QED) is 0.334. The molecule has 0 radical (unpaired) electrons. The number of hydrogen-bond donors (Lipinski definition) is 1. The highest BCUT2D eigenvalue weighted by Gasteiger charge is 2.28. The van der Waals surface area contributed by atoms with Gasteiger partial charge in [0, 0.05) is 32.8 Å². The Kier molecular flexibility index (Phi) is 8.38. The van der Waals surface area contributed by atoms with Gasteiger partial charge >= 0.3 is 0 Å². The SMILES string of the molecule is CCCCNC1=C[C@@H](C)C(/C=C2\CCCC\C2=C(\C)c2sc(-c3scc4c3CCCC4)c3c2CCCC3)=C1C. The molecule has 2 aromatic heterocycles. The van der Waals surface area contributed by atoms with Crippen molar-refractivity contribution in [1.29, 1.82) is 0 Å². The molecule has 6 rings (SSSR count). The highest BCUT2D eigenvalue weighted by atomic mass is 32.1. The van der Waals surface area contributed by atoms with Crippen molar-refractivity contribution < 1.29 is 0 Å². The molecule has 0 unspecified atom stereocenters. The van der Waals surface area contributed by atoms with Crippen molar-refractivity contribution in [2.75, 3.05) is 6.54 Å². The lowest BCUT2D eigenvalue weighted by Crippen LogP contribution is -2.14. The van der Waals surface area contributed by atoms with Crippen molar-refractivity contribution in [2.24, 2.45) is 5.92 Å². The summed E-state index contributed by atoms with van der Waals surface area (Å²) in [6.45, 7) is 10.5. The van der Waals surface area contributed by atoms with Gasteiger partial charge in [0.25, 0.3) is 0 Å². The zero-order chi connectivity index (χ0) is 26.9. The van der Waals surface area contributed by atoms with E-state index in [1.165, 1.54) is 107 Å².